The number of rotatable bonds is 2. The minimum atomic E-state index is -0.341. The van der Waals surface area contributed by atoms with Crippen LogP contribution in [0.3, 0.4) is 0 Å². The summed E-state index contributed by atoms with van der Waals surface area (Å²) in [5.41, 5.74) is 4.50. The standard InChI is InChI=1S/C20H19NO2/c22-13-14-5-4-6-15(11-14)16-7-8-18-17(12-16)20(19(23)21-18)9-2-1-3-10-20/h4-8,11-13H,1-3,9-10H2,(H,21,23). The van der Waals surface area contributed by atoms with Gasteiger partial charge in [-0.3, -0.25) is 9.59 Å². The van der Waals surface area contributed by atoms with Crippen molar-refractivity contribution in [3.63, 3.8) is 0 Å². The third-order valence-corrected chi connectivity index (χ3v) is 5.28. The highest BCUT2D eigenvalue weighted by Gasteiger charge is 2.47. The molecule has 1 N–H and O–H groups in total. The summed E-state index contributed by atoms with van der Waals surface area (Å²) in [5, 5.41) is 3.06. The average Bonchev–Trinajstić information content (AvgIpc) is 2.87. The molecule has 1 aliphatic carbocycles. The van der Waals surface area contributed by atoms with Gasteiger partial charge in [-0.05, 0) is 47.7 Å². The number of amides is 1. The molecule has 1 aliphatic heterocycles. The summed E-state index contributed by atoms with van der Waals surface area (Å²) in [6.45, 7) is 0. The predicted molar refractivity (Wildman–Crippen MR) is 90.7 cm³/mol. The zero-order valence-corrected chi connectivity index (χ0v) is 13.0. The van der Waals surface area contributed by atoms with Crippen molar-refractivity contribution in [3.05, 3.63) is 53.6 Å². The normalized spacial score (nSPS) is 18.5. The Labute approximate surface area is 135 Å². The molecule has 1 fully saturated rings. The molecule has 1 amide bonds. The van der Waals surface area contributed by atoms with Gasteiger partial charge in [0, 0.05) is 11.3 Å². The zero-order chi connectivity index (χ0) is 15.9. The number of fused-ring (bicyclic) bond motifs is 2. The molecule has 0 radical (unpaired) electrons. The molecule has 3 nitrogen and oxygen atoms in total. The van der Waals surface area contributed by atoms with Crippen molar-refractivity contribution < 1.29 is 9.59 Å². The van der Waals surface area contributed by atoms with Gasteiger partial charge in [-0.15, -0.1) is 0 Å². The van der Waals surface area contributed by atoms with Gasteiger partial charge in [0.1, 0.15) is 6.29 Å². The molecule has 0 unspecified atom stereocenters. The highest BCUT2D eigenvalue weighted by Crippen LogP contribution is 2.48. The Hall–Kier alpha value is -2.42. The van der Waals surface area contributed by atoms with Crippen LogP contribution < -0.4 is 5.32 Å². The third-order valence-electron chi connectivity index (χ3n) is 5.28. The minimum Gasteiger partial charge on any atom is -0.325 e. The first-order chi connectivity index (χ1) is 11.2. The second kappa shape index (κ2) is 5.34. The average molecular weight is 305 g/mol. The van der Waals surface area contributed by atoms with E-state index in [0.717, 1.165) is 54.3 Å². The molecule has 116 valence electrons. The van der Waals surface area contributed by atoms with E-state index in [1.165, 1.54) is 6.42 Å². The van der Waals surface area contributed by atoms with Crippen molar-refractivity contribution in [1.29, 1.82) is 0 Å². The van der Waals surface area contributed by atoms with E-state index in [4.69, 9.17) is 0 Å². The molecule has 2 aliphatic rings. The molecule has 1 spiro atoms. The first-order valence-electron chi connectivity index (χ1n) is 8.25. The van der Waals surface area contributed by atoms with Gasteiger partial charge < -0.3 is 5.32 Å². The van der Waals surface area contributed by atoms with E-state index in [0.29, 0.717) is 5.56 Å². The summed E-state index contributed by atoms with van der Waals surface area (Å²) < 4.78 is 0. The second-order valence-corrected chi connectivity index (χ2v) is 6.60. The number of anilines is 1. The topological polar surface area (TPSA) is 46.2 Å². The zero-order valence-electron chi connectivity index (χ0n) is 13.0. The molecular formula is C20H19NO2. The van der Waals surface area contributed by atoms with E-state index >= 15 is 0 Å². The summed E-state index contributed by atoms with van der Waals surface area (Å²) in [4.78, 5) is 23.6. The maximum Gasteiger partial charge on any atom is 0.235 e. The maximum atomic E-state index is 12.6. The lowest BCUT2D eigenvalue weighted by molar-refractivity contribution is -0.121. The fourth-order valence-corrected chi connectivity index (χ4v) is 4.04. The van der Waals surface area contributed by atoms with Crippen LogP contribution in [0.1, 0.15) is 48.0 Å². The Morgan fingerprint density at radius 1 is 0.957 bits per heavy atom. The molecule has 0 atom stereocenters. The number of hydrogen-bond donors (Lipinski definition) is 1. The Balaban J connectivity index is 1.81. The van der Waals surface area contributed by atoms with Crippen molar-refractivity contribution in [2.75, 3.05) is 5.32 Å². The number of nitrogens with one attached hydrogen (secondary N) is 1. The van der Waals surface area contributed by atoms with E-state index in [-0.39, 0.29) is 11.3 Å². The van der Waals surface area contributed by atoms with Crippen molar-refractivity contribution in [2.24, 2.45) is 0 Å². The van der Waals surface area contributed by atoms with Gasteiger partial charge in [0.15, 0.2) is 0 Å². The Morgan fingerprint density at radius 3 is 2.52 bits per heavy atom. The van der Waals surface area contributed by atoms with Crippen LogP contribution >= 0.6 is 0 Å². The van der Waals surface area contributed by atoms with Crippen molar-refractivity contribution in [1.82, 2.24) is 0 Å². The van der Waals surface area contributed by atoms with Gasteiger partial charge in [-0.25, -0.2) is 0 Å². The summed E-state index contributed by atoms with van der Waals surface area (Å²) in [7, 11) is 0. The number of carbonyl (C=O) groups is 2. The van der Waals surface area contributed by atoms with Crippen molar-refractivity contribution in [3.8, 4) is 11.1 Å². The van der Waals surface area contributed by atoms with Gasteiger partial charge >= 0.3 is 0 Å². The second-order valence-electron chi connectivity index (χ2n) is 6.60. The van der Waals surface area contributed by atoms with Crippen LogP contribution in [0.15, 0.2) is 42.5 Å². The summed E-state index contributed by atoms with van der Waals surface area (Å²) in [6, 6.07) is 13.8. The fraction of sp³-hybridized carbons (Fsp3) is 0.300. The first-order valence-corrected chi connectivity index (χ1v) is 8.25. The number of hydrogen-bond acceptors (Lipinski definition) is 2. The smallest absolute Gasteiger partial charge is 0.235 e. The van der Waals surface area contributed by atoms with E-state index in [9.17, 15) is 9.59 Å². The molecule has 1 heterocycles. The maximum absolute atomic E-state index is 12.6. The van der Waals surface area contributed by atoms with Gasteiger partial charge in [0.05, 0.1) is 5.41 Å². The van der Waals surface area contributed by atoms with Gasteiger partial charge in [-0.1, -0.05) is 43.5 Å². The number of benzene rings is 2. The minimum absolute atomic E-state index is 0.158. The molecule has 2 aromatic rings. The Bertz CT molecular complexity index is 788. The molecule has 3 heteroatoms. The largest absolute Gasteiger partial charge is 0.325 e. The van der Waals surface area contributed by atoms with Crippen LogP contribution in [0.2, 0.25) is 0 Å². The van der Waals surface area contributed by atoms with Crippen molar-refractivity contribution in [2.45, 2.75) is 37.5 Å². The highest BCUT2D eigenvalue weighted by molar-refractivity contribution is 6.06. The van der Waals surface area contributed by atoms with Gasteiger partial charge in [-0.2, -0.15) is 0 Å². The van der Waals surface area contributed by atoms with Crippen LogP contribution in [0, 0.1) is 0 Å². The lowest BCUT2D eigenvalue weighted by Crippen LogP contribution is -2.36. The van der Waals surface area contributed by atoms with E-state index in [2.05, 4.69) is 11.4 Å². The summed E-state index contributed by atoms with van der Waals surface area (Å²) in [5.74, 6) is 0.158. The summed E-state index contributed by atoms with van der Waals surface area (Å²) in [6.07, 6.45) is 6.17. The lowest BCUT2D eigenvalue weighted by Gasteiger charge is -2.31. The Morgan fingerprint density at radius 2 is 1.74 bits per heavy atom. The predicted octanol–water partition coefficient (Wildman–Crippen LogP) is 4.32. The van der Waals surface area contributed by atoms with Crippen LogP contribution in [0.25, 0.3) is 11.1 Å². The molecule has 0 saturated heterocycles. The van der Waals surface area contributed by atoms with Crippen LogP contribution in [0.4, 0.5) is 5.69 Å². The molecule has 4 rings (SSSR count). The molecule has 0 aromatic heterocycles. The number of carbonyl (C=O) groups excluding carboxylic acids is 2. The summed E-state index contributed by atoms with van der Waals surface area (Å²) >= 11 is 0. The van der Waals surface area contributed by atoms with Gasteiger partial charge in [0.2, 0.25) is 5.91 Å². The molecule has 2 aromatic carbocycles. The molecule has 1 saturated carbocycles. The van der Waals surface area contributed by atoms with E-state index in [1.807, 2.05) is 30.3 Å². The lowest BCUT2D eigenvalue weighted by atomic mass is 9.70. The SMILES string of the molecule is O=Cc1cccc(-c2ccc3c(c2)C2(CCCCC2)C(=O)N3)c1. The van der Waals surface area contributed by atoms with Crippen LogP contribution in [0.5, 0.6) is 0 Å². The quantitative estimate of drug-likeness (QED) is 0.840. The molecule has 0 bridgehead atoms. The number of aldehydes is 1. The van der Waals surface area contributed by atoms with E-state index < -0.39 is 0 Å². The van der Waals surface area contributed by atoms with Crippen LogP contribution in [-0.2, 0) is 10.2 Å². The monoisotopic (exact) mass is 305 g/mol. The third kappa shape index (κ3) is 2.19. The first kappa shape index (κ1) is 14.2. The van der Waals surface area contributed by atoms with E-state index in [1.54, 1.807) is 6.07 Å². The fourth-order valence-electron chi connectivity index (χ4n) is 4.04. The Kier molecular flexibility index (Phi) is 3.29. The molecule has 23 heavy (non-hydrogen) atoms. The van der Waals surface area contributed by atoms with Crippen LogP contribution in [-0.4, -0.2) is 12.2 Å². The van der Waals surface area contributed by atoms with Gasteiger partial charge in [0.25, 0.3) is 0 Å². The van der Waals surface area contributed by atoms with Crippen molar-refractivity contribution >= 4 is 17.9 Å². The molecular weight excluding hydrogens is 286 g/mol. The highest BCUT2D eigenvalue weighted by atomic mass is 16.2.